The van der Waals surface area contributed by atoms with Crippen LogP contribution in [0, 0.1) is 41.4 Å². The second kappa shape index (κ2) is 22.7. The quantitative estimate of drug-likeness (QED) is 0.0534. The molecule has 386 valence electrons. The van der Waals surface area contributed by atoms with Gasteiger partial charge in [-0.3, -0.25) is 19.1 Å². The van der Waals surface area contributed by atoms with Gasteiger partial charge >= 0.3 is 11.9 Å². The Bertz CT molecular complexity index is 1880. The number of rotatable bonds is 21. The molecule has 0 radical (unpaired) electrons. The van der Waals surface area contributed by atoms with Gasteiger partial charge in [-0.2, -0.15) is 0 Å². The van der Waals surface area contributed by atoms with Crippen molar-refractivity contribution in [2.24, 2.45) is 41.4 Å². The molecule has 4 fully saturated rings. The summed E-state index contributed by atoms with van der Waals surface area (Å²) in [5, 5.41) is 51.8. The summed E-state index contributed by atoms with van der Waals surface area (Å²) in [4.78, 5) is 39.0. The topological polar surface area (TPSA) is 218 Å². The number of aromatic nitrogens is 3. The zero-order valence-corrected chi connectivity index (χ0v) is 42.6. The highest BCUT2D eigenvalue weighted by atomic mass is 16.8. The smallest absolute Gasteiger partial charge is 0.311 e. The summed E-state index contributed by atoms with van der Waals surface area (Å²) in [6, 6.07) is 0. The highest BCUT2D eigenvalue weighted by molar-refractivity contribution is 5.84. The Kier molecular flexibility index (Phi) is 18.2. The number of carboxylic acids is 1. The molecule has 18 atom stereocenters. The van der Waals surface area contributed by atoms with Gasteiger partial charge in [0.25, 0.3) is 0 Å². The lowest BCUT2D eigenvalue weighted by molar-refractivity contribution is -0.409. The molecule has 1 aromatic heterocycles. The van der Waals surface area contributed by atoms with Crippen molar-refractivity contribution in [3.8, 4) is 0 Å². The lowest BCUT2D eigenvalue weighted by atomic mass is 9.72. The van der Waals surface area contributed by atoms with E-state index >= 15 is 0 Å². The highest BCUT2D eigenvalue weighted by Crippen LogP contribution is 2.54. The van der Waals surface area contributed by atoms with Gasteiger partial charge in [-0.15, -0.1) is 5.10 Å². The minimum atomic E-state index is -1.39. The van der Waals surface area contributed by atoms with Crippen LogP contribution in [-0.4, -0.2) is 119 Å². The largest absolute Gasteiger partial charge is 0.481 e. The summed E-state index contributed by atoms with van der Waals surface area (Å²) in [6.45, 7) is 20.4. The molecule has 6 heterocycles. The van der Waals surface area contributed by atoms with Crippen molar-refractivity contribution in [2.45, 2.75) is 244 Å². The number of aryl methyl sites for hydroxylation is 1. The number of Topliss-reactive ketones (excluding diaryl/α,β-unsaturated/α-hetero) is 1. The predicted molar refractivity (Wildman–Crippen MR) is 252 cm³/mol. The van der Waals surface area contributed by atoms with E-state index in [9.17, 15) is 29.7 Å². The van der Waals surface area contributed by atoms with Gasteiger partial charge in [0.05, 0.1) is 59.9 Å². The van der Waals surface area contributed by atoms with Crippen molar-refractivity contribution in [1.29, 1.82) is 0 Å². The summed E-state index contributed by atoms with van der Waals surface area (Å²) in [7, 11) is 0. The number of carboxylic acid groups (broad SMARTS) is 1. The first-order valence-electron chi connectivity index (χ1n) is 26.1. The Labute approximate surface area is 404 Å². The second-order valence-electron chi connectivity index (χ2n) is 21.7. The van der Waals surface area contributed by atoms with Gasteiger partial charge in [0.2, 0.25) is 5.79 Å². The number of aliphatic carboxylic acids is 1. The molecular formula is C52H85N3O13. The standard InChI is InChI=1S/C52H85N3O13/c1-11-38(48(61)63-30-37-29-55(54-53-37)27-17-15-14-16-18-43(57)58)40-20-19-31(4)46(65-40)35(8)44(59)34(7)45(60)39(12-2)47-32(5)28-33(6)51(66-47)24-21-41(56)52(68-51)26-25-49(10,67-52)42-22-23-50(62,13-3)36(9)64-42/h21,24,29,31-36,38-42,44,46-47,56,59,62H,11-20,22-23,25-28,30H2,1-10H3,(H,57,58)/t31-,32-,33+,34-,35-,36-,38+,39-,40+,41+,42+,44+,46+,47-,49-,50+,51-,52-/m0/s1. The van der Waals surface area contributed by atoms with E-state index in [0.29, 0.717) is 76.4 Å². The molecule has 4 saturated heterocycles. The molecule has 1 aromatic rings. The normalized spacial score (nSPS) is 38.5. The number of hydrogen-bond acceptors (Lipinski definition) is 14. The van der Waals surface area contributed by atoms with Crippen LogP contribution >= 0.6 is 0 Å². The first-order valence-corrected chi connectivity index (χ1v) is 26.1. The van der Waals surface area contributed by atoms with Gasteiger partial charge in [0.1, 0.15) is 24.2 Å². The molecule has 16 heteroatoms. The Balaban J connectivity index is 1.06. The third-order valence-electron chi connectivity index (χ3n) is 16.9. The fourth-order valence-corrected chi connectivity index (χ4v) is 12.1. The van der Waals surface area contributed by atoms with Crippen LogP contribution in [0.2, 0.25) is 0 Å². The van der Waals surface area contributed by atoms with Gasteiger partial charge < -0.3 is 48.8 Å². The van der Waals surface area contributed by atoms with Gasteiger partial charge in [0, 0.05) is 43.1 Å². The van der Waals surface area contributed by atoms with E-state index in [1.54, 1.807) is 30.0 Å². The number of carbonyl (C=O) groups excluding carboxylic acids is 2. The maximum absolute atomic E-state index is 14.7. The van der Waals surface area contributed by atoms with Crippen LogP contribution in [0.4, 0.5) is 0 Å². The van der Waals surface area contributed by atoms with Crippen LogP contribution < -0.4 is 0 Å². The molecule has 68 heavy (non-hydrogen) atoms. The fourth-order valence-electron chi connectivity index (χ4n) is 12.1. The van der Waals surface area contributed by atoms with Crippen LogP contribution in [0.3, 0.4) is 0 Å². The fraction of sp³-hybridized carbons (Fsp3) is 0.865. The zero-order chi connectivity index (χ0) is 49.8. The molecule has 0 aromatic carbocycles. The Morgan fingerprint density at radius 1 is 0.912 bits per heavy atom. The lowest BCUT2D eigenvalue weighted by Crippen LogP contribution is -2.63. The number of aliphatic hydroxyl groups is 3. The molecule has 0 saturated carbocycles. The molecule has 4 N–H and O–H groups in total. The SMILES string of the molecule is CC[C@@H](C(=O)[C@@H](C)[C@@H](O)[C@H](C)[C@@H]1O[C@@H]([C@@H](CC)C(=O)OCc2cn(CCCCCCC(=O)O)nn2)CC[C@@H]1C)[C@H]1O[C@]2(C=C[C@@H](O)[C@]3(CC[C@@](C)([C@H]4CC[C@](O)(CC)[C@H](C)O4)O3)O2)[C@H](C)C[C@@H]1C. The van der Waals surface area contributed by atoms with E-state index < -0.39 is 82.9 Å². The van der Waals surface area contributed by atoms with E-state index in [4.69, 9.17) is 33.5 Å². The molecule has 0 bridgehead atoms. The molecule has 6 rings (SSSR count). The van der Waals surface area contributed by atoms with E-state index in [1.165, 1.54) is 0 Å². The maximum Gasteiger partial charge on any atom is 0.311 e. The van der Waals surface area contributed by atoms with Gasteiger partial charge in [-0.25, -0.2) is 0 Å². The molecule has 0 amide bonds. The van der Waals surface area contributed by atoms with E-state index in [1.807, 2.05) is 41.5 Å². The zero-order valence-electron chi connectivity index (χ0n) is 42.6. The average Bonchev–Trinajstić information content (AvgIpc) is 3.92. The number of aliphatic hydroxyl groups excluding tert-OH is 2. The first-order chi connectivity index (χ1) is 32.1. The number of esters is 1. The van der Waals surface area contributed by atoms with E-state index in [2.05, 4.69) is 31.1 Å². The summed E-state index contributed by atoms with van der Waals surface area (Å²) in [5.74, 6) is -6.21. The van der Waals surface area contributed by atoms with Crippen molar-refractivity contribution in [1.82, 2.24) is 15.0 Å². The second-order valence-corrected chi connectivity index (χ2v) is 21.7. The number of ketones is 1. The Morgan fingerprint density at radius 3 is 2.31 bits per heavy atom. The summed E-state index contributed by atoms with van der Waals surface area (Å²) in [6.07, 6.45) is 10.5. The lowest BCUT2D eigenvalue weighted by Gasteiger charge is -2.54. The van der Waals surface area contributed by atoms with Crippen LogP contribution in [0.5, 0.6) is 0 Å². The number of carbonyl (C=O) groups is 3. The molecule has 5 aliphatic rings. The van der Waals surface area contributed by atoms with Gasteiger partial charge in [0.15, 0.2) is 5.79 Å². The predicted octanol–water partition coefficient (Wildman–Crippen LogP) is 7.47. The summed E-state index contributed by atoms with van der Waals surface area (Å²) in [5.41, 5.74) is -1.13. The minimum absolute atomic E-state index is 0.0106. The number of hydrogen-bond donors (Lipinski definition) is 4. The summed E-state index contributed by atoms with van der Waals surface area (Å²) >= 11 is 0. The molecule has 16 nitrogen and oxygen atoms in total. The first kappa shape index (κ1) is 54.5. The molecule has 0 aliphatic carbocycles. The van der Waals surface area contributed by atoms with Gasteiger partial charge in [-0.1, -0.05) is 73.4 Å². The van der Waals surface area contributed by atoms with Crippen LogP contribution in [0.15, 0.2) is 18.3 Å². The molecule has 0 unspecified atom stereocenters. The molecule has 2 spiro atoms. The third-order valence-corrected chi connectivity index (χ3v) is 16.9. The van der Waals surface area contributed by atoms with Crippen molar-refractivity contribution in [2.75, 3.05) is 0 Å². The van der Waals surface area contributed by atoms with Gasteiger partial charge in [-0.05, 0) is 108 Å². The van der Waals surface area contributed by atoms with Crippen molar-refractivity contribution < 1.29 is 63.2 Å². The van der Waals surface area contributed by atoms with Crippen LogP contribution in [-0.2, 0) is 56.0 Å². The van der Waals surface area contributed by atoms with Crippen molar-refractivity contribution in [3.63, 3.8) is 0 Å². The average molecular weight is 960 g/mol. The van der Waals surface area contributed by atoms with E-state index in [-0.39, 0.29) is 54.7 Å². The minimum Gasteiger partial charge on any atom is -0.481 e. The van der Waals surface area contributed by atoms with Crippen LogP contribution in [0.1, 0.15) is 171 Å². The van der Waals surface area contributed by atoms with E-state index in [0.717, 1.165) is 25.7 Å². The monoisotopic (exact) mass is 960 g/mol. The Morgan fingerprint density at radius 2 is 1.63 bits per heavy atom. The third kappa shape index (κ3) is 11.7. The number of nitrogens with zero attached hydrogens (tertiary/aromatic N) is 3. The van der Waals surface area contributed by atoms with Crippen molar-refractivity contribution in [3.05, 3.63) is 24.0 Å². The highest BCUT2D eigenvalue weighted by Gasteiger charge is 2.63. The van der Waals surface area contributed by atoms with Crippen LogP contribution in [0.25, 0.3) is 0 Å². The molecule has 5 aliphatic heterocycles. The van der Waals surface area contributed by atoms with Crippen molar-refractivity contribution >= 4 is 17.7 Å². The maximum atomic E-state index is 14.7. The molecular weight excluding hydrogens is 875 g/mol. The Hall–Kier alpha value is -2.83. The number of unbranched alkanes of at least 4 members (excludes halogenated alkanes) is 3. The number of ether oxygens (including phenoxy) is 6. The summed E-state index contributed by atoms with van der Waals surface area (Å²) < 4.78 is 41.5.